The number of anilines is 1. The maximum absolute atomic E-state index is 12.5. The molecule has 1 atom stereocenters. The highest BCUT2D eigenvalue weighted by Gasteiger charge is 2.26. The molecule has 0 aliphatic heterocycles. The van der Waals surface area contributed by atoms with Gasteiger partial charge in [0.1, 0.15) is 6.04 Å². The molecule has 2 N–H and O–H groups in total. The predicted molar refractivity (Wildman–Crippen MR) is 115 cm³/mol. The number of hydrogen-bond acceptors (Lipinski definition) is 6. The molecule has 8 heteroatoms. The summed E-state index contributed by atoms with van der Waals surface area (Å²) in [5.74, 6) is -1.56. The number of nitriles is 1. The second-order valence-corrected chi connectivity index (χ2v) is 7.68. The number of esters is 1. The van der Waals surface area contributed by atoms with Gasteiger partial charge in [0, 0.05) is 10.5 Å². The van der Waals surface area contributed by atoms with Gasteiger partial charge in [-0.15, -0.1) is 11.8 Å². The molecule has 0 saturated carbocycles. The zero-order valence-electron chi connectivity index (χ0n) is 16.8. The molecular formula is C22H23N3O4S. The van der Waals surface area contributed by atoms with Gasteiger partial charge in [-0.2, -0.15) is 5.26 Å². The minimum atomic E-state index is -0.885. The third-order valence-electron chi connectivity index (χ3n) is 4.04. The summed E-state index contributed by atoms with van der Waals surface area (Å²) in [6, 6.07) is 16.7. The number of nitrogens with one attached hydrogen (secondary N) is 2. The average molecular weight is 426 g/mol. The standard InChI is InChI=1S/C22H23N3O4S/c1-15(2)20(25-21(27)16-8-4-3-5-9-16)22(28)29-14-19(26)24-17-10-6-7-11-18(17)30-13-12-23/h3-11,15,20H,13-14H2,1-2H3,(H,24,26)(H,25,27). The number of benzene rings is 2. The van der Waals surface area contributed by atoms with Crippen molar-refractivity contribution < 1.29 is 19.1 Å². The lowest BCUT2D eigenvalue weighted by Gasteiger charge is -2.21. The van der Waals surface area contributed by atoms with Crippen molar-refractivity contribution >= 4 is 35.2 Å². The Labute approximate surface area is 179 Å². The summed E-state index contributed by atoms with van der Waals surface area (Å²) >= 11 is 1.30. The molecule has 0 aliphatic rings. The van der Waals surface area contributed by atoms with Gasteiger partial charge >= 0.3 is 5.97 Å². The number of amides is 2. The molecule has 2 aromatic carbocycles. The van der Waals surface area contributed by atoms with E-state index in [1.807, 2.05) is 6.07 Å². The Kier molecular flexibility index (Phi) is 8.91. The van der Waals surface area contributed by atoms with Crippen LogP contribution in [-0.4, -0.2) is 36.2 Å². The molecule has 0 aliphatic carbocycles. The van der Waals surface area contributed by atoms with Gasteiger partial charge in [-0.25, -0.2) is 4.79 Å². The lowest BCUT2D eigenvalue weighted by molar-refractivity contribution is -0.150. The minimum Gasteiger partial charge on any atom is -0.454 e. The van der Waals surface area contributed by atoms with Crippen LogP contribution in [0.15, 0.2) is 59.5 Å². The van der Waals surface area contributed by atoms with E-state index < -0.39 is 24.5 Å². The maximum Gasteiger partial charge on any atom is 0.329 e. The summed E-state index contributed by atoms with van der Waals surface area (Å²) in [7, 11) is 0. The Morgan fingerprint density at radius 2 is 1.73 bits per heavy atom. The van der Waals surface area contributed by atoms with Crippen molar-refractivity contribution in [3.63, 3.8) is 0 Å². The van der Waals surface area contributed by atoms with Crippen molar-refractivity contribution in [3.8, 4) is 6.07 Å². The summed E-state index contributed by atoms with van der Waals surface area (Å²) in [5, 5.41) is 14.1. The number of carbonyl (C=O) groups excluding carboxylic acids is 3. The van der Waals surface area contributed by atoms with Gasteiger partial charge in [0.25, 0.3) is 11.8 Å². The second-order valence-electron chi connectivity index (χ2n) is 6.66. The normalized spacial score (nSPS) is 11.3. The molecular weight excluding hydrogens is 402 g/mol. The Balaban J connectivity index is 1.93. The van der Waals surface area contributed by atoms with Crippen LogP contribution < -0.4 is 10.6 Å². The van der Waals surface area contributed by atoms with Gasteiger partial charge in [-0.05, 0) is 30.2 Å². The van der Waals surface area contributed by atoms with Crippen molar-refractivity contribution in [2.75, 3.05) is 17.7 Å². The van der Waals surface area contributed by atoms with Crippen molar-refractivity contribution in [2.45, 2.75) is 24.8 Å². The van der Waals surface area contributed by atoms with Crippen LogP contribution >= 0.6 is 11.8 Å². The predicted octanol–water partition coefficient (Wildman–Crippen LogP) is 3.24. The Morgan fingerprint density at radius 3 is 2.40 bits per heavy atom. The third-order valence-corrected chi connectivity index (χ3v) is 4.98. The van der Waals surface area contributed by atoms with Crippen molar-refractivity contribution in [2.24, 2.45) is 5.92 Å². The molecule has 30 heavy (non-hydrogen) atoms. The SMILES string of the molecule is CC(C)C(NC(=O)c1ccccc1)C(=O)OCC(=O)Nc1ccccc1SCC#N. The smallest absolute Gasteiger partial charge is 0.329 e. The quantitative estimate of drug-likeness (QED) is 0.472. The molecule has 0 radical (unpaired) electrons. The molecule has 7 nitrogen and oxygen atoms in total. The van der Waals surface area contributed by atoms with Crippen LogP contribution in [0.4, 0.5) is 5.69 Å². The monoisotopic (exact) mass is 425 g/mol. The van der Waals surface area contributed by atoms with E-state index >= 15 is 0 Å². The number of ether oxygens (including phenoxy) is 1. The van der Waals surface area contributed by atoms with Crippen molar-refractivity contribution in [1.29, 1.82) is 5.26 Å². The van der Waals surface area contributed by atoms with Crippen LogP contribution in [-0.2, 0) is 14.3 Å². The first-order valence-corrected chi connectivity index (χ1v) is 10.3. The van der Waals surface area contributed by atoms with Crippen molar-refractivity contribution in [3.05, 3.63) is 60.2 Å². The summed E-state index contributed by atoms with van der Waals surface area (Å²) in [6.45, 7) is 3.07. The molecule has 2 aromatic rings. The van der Waals surface area contributed by atoms with E-state index in [1.54, 1.807) is 68.4 Å². The number of para-hydroxylation sites is 1. The first-order valence-electron chi connectivity index (χ1n) is 9.33. The largest absolute Gasteiger partial charge is 0.454 e. The highest BCUT2D eigenvalue weighted by atomic mass is 32.2. The first-order chi connectivity index (χ1) is 14.4. The van der Waals surface area contributed by atoms with Gasteiger partial charge in [0.05, 0.1) is 17.5 Å². The van der Waals surface area contributed by atoms with Crippen LogP contribution in [0.3, 0.4) is 0 Å². The molecule has 0 heterocycles. The van der Waals surface area contributed by atoms with E-state index in [-0.39, 0.29) is 17.6 Å². The van der Waals surface area contributed by atoms with Gasteiger partial charge in [-0.1, -0.05) is 44.2 Å². The Hall–Kier alpha value is -3.31. The number of thioether (sulfide) groups is 1. The molecule has 0 bridgehead atoms. The van der Waals surface area contributed by atoms with Crippen molar-refractivity contribution in [1.82, 2.24) is 5.32 Å². The van der Waals surface area contributed by atoms with Crippen LogP contribution in [0.2, 0.25) is 0 Å². The van der Waals surface area contributed by atoms with E-state index in [1.165, 1.54) is 11.8 Å². The van der Waals surface area contributed by atoms with Gasteiger partial charge < -0.3 is 15.4 Å². The second kappa shape index (κ2) is 11.6. The number of nitrogens with zero attached hydrogens (tertiary/aromatic N) is 1. The molecule has 0 aromatic heterocycles. The number of rotatable bonds is 9. The molecule has 0 spiro atoms. The number of hydrogen-bond donors (Lipinski definition) is 2. The molecule has 2 rings (SSSR count). The van der Waals surface area contributed by atoms with Gasteiger partial charge in [0.2, 0.25) is 0 Å². The van der Waals surface area contributed by atoms with Crippen LogP contribution in [0.25, 0.3) is 0 Å². The molecule has 0 fully saturated rings. The lowest BCUT2D eigenvalue weighted by atomic mass is 10.0. The van der Waals surface area contributed by atoms with E-state index in [9.17, 15) is 14.4 Å². The van der Waals surface area contributed by atoms with E-state index in [0.717, 1.165) is 4.90 Å². The fraction of sp³-hybridized carbons (Fsp3) is 0.273. The number of carbonyl (C=O) groups is 3. The summed E-state index contributed by atoms with van der Waals surface area (Å²) < 4.78 is 5.13. The molecule has 1 unspecified atom stereocenters. The minimum absolute atomic E-state index is 0.226. The fourth-order valence-corrected chi connectivity index (χ4v) is 3.20. The van der Waals surface area contributed by atoms with Crippen LogP contribution in [0, 0.1) is 17.2 Å². The van der Waals surface area contributed by atoms with E-state index in [2.05, 4.69) is 10.6 Å². The zero-order chi connectivity index (χ0) is 21.9. The maximum atomic E-state index is 12.5. The van der Waals surface area contributed by atoms with E-state index in [0.29, 0.717) is 11.3 Å². The Bertz CT molecular complexity index is 925. The Morgan fingerprint density at radius 1 is 1.07 bits per heavy atom. The topological polar surface area (TPSA) is 108 Å². The average Bonchev–Trinajstić information content (AvgIpc) is 2.75. The third kappa shape index (κ3) is 6.94. The van der Waals surface area contributed by atoms with Gasteiger partial charge in [-0.3, -0.25) is 9.59 Å². The summed E-state index contributed by atoms with van der Waals surface area (Å²) in [6.07, 6.45) is 0. The van der Waals surface area contributed by atoms with Crippen LogP contribution in [0.1, 0.15) is 24.2 Å². The molecule has 0 saturated heterocycles. The van der Waals surface area contributed by atoms with Gasteiger partial charge in [0.15, 0.2) is 6.61 Å². The molecule has 156 valence electrons. The fourth-order valence-electron chi connectivity index (χ4n) is 2.53. The summed E-state index contributed by atoms with van der Waals surface area (Å²) in [5.41, 5.74) is 0.969. The highest BCUT2D eigenvalue weighted by molar-refractivity contribution is 7.99. The summed E-state index contributed by atoms with van der Waals surface area (Å²) in [4.78, 5) is 37.8. The lowest BCUT2D eigenvalue weighted by Crippen LogP contribution is -2.45. The highest BCUT2D eigenvalue weighted by Crippen LogP contribution is 2.26. The van der Waals surface area contributed by atoms with E-state index in [4.69, 9.17) is 10.00 Å². The van der Waals surface area contributed by atoms with Crippen LogP contribution in [0.5, 0.6) is 0 Å². The first kappa shape index (κ1) is 23.0. The molecule has 2 amide bonds. The zero-order valence-corrected chi connectivity index (χ0v) is 17.6.